The molecule has 0 atom stereocenters. The minimum Gasteiger partial charge on any atom is -0.352 e. The van der Waals surface area contributed by atoms with Gasteiger partial charge in [-0.2, -0.15) is 0 Å². The highest BCUT2D eigenvalue weighted by molar-refractivity contribution is 5.78. The Bertz CT molecular complexity index is 1100. The molecule has 0 saturated heterocycles. The molecule has 0 bridgehead atoms. The first-order valence-corrected chi connectivity index (χ1v) is 8.92. The number of para-hydroxylation sites is 1. The molecule has 1 heterocycles. The number of nitrogens with zero attached hydrogens (tertiary/aromatic N) is 1. The quantitative estimate of drug-likeness (QED) is 0.728. The molecule has 0 aliphatic rings. The molecule has 0 unspecified atom stereocenters. The molecule has 2 aromatic carbocycles. The second-order valence-corrected chi connectivity index (χ2v) is 6.83. The summed E-state index contributed by atoms with van der Waals surface area (Å²) in [6, 6.07) is 11.1. The Morgan fingerprint density at radius 1 is 1.07 bits per heavy atom. The SMILES string of the molecule is Cc1cc(C)c(CNC(=O)CCn2c(=O)[nH]c(=O)c3ccccc32)c(C)c1. The largest absolute Gasteiger partial charge is 0.352 e. The number of carbonyl (C=O) groups is 1. The number of nitrogens with one attached hydrogen (secondary N) is 2. The third-order valence-electron chi connectivity index (χ3n) is 4.77. The molecule has 0 fully saturated rings. The van der Waals surface area contributed by atoms with Crippen LogP contribution in [0.25, 0.3) is 10.9 Å². The van der Waals surface area contributed by atoms with Crippen molar-refractivity contribution in [1.29, 1.82) is 0 Å². The summed E-state index contributed by atoms with van der Waals surface area (Å²) in [5.74, 6) is -0.142. The van der Waals surface area contributed by atoms with E-state index in [9.17, 15) is 14.4 Å². The second kappa shape index (κ2) is 7.61. The number of aryl methyl sites for hydroxylation is 4. The van der Waals surface area contributed by atoms with E-state index in [2.05, 4.69) is 29.4 Å². The van der Waals surface area contributed by atoms with E-state index in [0.717, 1.165) is 16.7 Å². The van der Waals surface area contributed by atoms with Gasteiger partial charge in [0, 0.05) is 19.5 Å². The van der Waals surface area contributed by atoms with Gasteiger partial charge in [0.15, 0.2) is 0 Å². The smallest absolute Gasteiger partial charge is 0.328 e. The Balaban J connectivity index is 1.71. The van der Waals surface area contributed by atoms with Crippen LogP contribution in [0.2, 0.25) is 0 Å². The summed E-state index contributed by atoms with van der Waals surface area (Å²) in [6.45, 7) is 6.78. The average Bonchev–Trinajstić information content (AvgIpc) is 2.60. The van der Waals surface area contributed by atoms with Crippen molar-refractivity contribution in [2.75, 3.05) is 0 Å². The van der Waals surface area contributed by atoms with E-state index < -0.39 is 11.2 Å². The van der Waals surface area contributed by atoms with Gasteiger partial charge in [0.2, 0.25) is 5.91 Å². The summed E-state index contributed by atoms with van der Waals surface area (Å²) in [5, 5.41) is 3.36. The van der Waals surface area contributed by atoms with Crippen molar-refractivity contribution in [3.05, 3.63) is 79.5 Å². The Morgan fingerprint density at radius 2 is 1.74 bits per heavy atom. The Labute approximate surface area is 156 Å². The van der Waals surface area contributed by atoms with Crippen molar-refractivity contribution in [1.82, 2.24) is 14.9 Å². The molecule has 6 heteroatoms. The molecule has 1 amide bonds. The lowest BCUT2D eigenvalue weighted by atomic mass is 10.00. The van der Waals surface area contributed by atoms with Gasteiger partial charge in [-0.05, 0) is 49.6 Å². The predicted octanol–water partition coefficient (Wildman–Crippen LogP) is 2.32. The summed E-state index contributed by atoms with van der Waals surface area (Å²) in [4.78, 5) is 38.6. The van der Waals surface area contributed by atoms with Crippen molar-refractivity contribution in [2.24, 2.45) is 0 Å². The van der Waals surface area contributed by atoms with E-state index in [1.54, 1.807) is 24.3 Å². The van der Waals surface area contributed by atoms with Crippen LogP contribution in [0.5, 0.6) is 0 Å². The number of rotatable bonds is 5. The maximum atomic E-state index is 12.3. The summed E-state index contributed by atoms with van der Waals surface area (Å²) in [7, 11) is 0. The van der Waals surface area contributed by atoms with Crippen molar-refractivity contribution in [2.45, 2.75) is 40.3 Å². The molecule has 3 rings (SSSR count). The van der Waals surface area contributed by atoms with E-state index in [4.69, 9.17) is 0 Å². The number of benzene rings is 2. The molecule has 27 heavy (non-hydrogen) atoms. The molecule has 0 aliphatic carbocycles. The Morgan fingerprint density at radius 3 is 2.44 bits per heavy atom. The Hall–Kier alpha value is -3.15. The fraction of sp³-hybridized carbons (Fsp3) is 0.286. The minimum atomic E-state index is -0.503. The molecule has 0 aliphatic heterocycles. The highest BCUT2D eigenvalue weighted by Crippen LogP contribution is 2.16. The monoisotopic (exact) mass is 365 g/mol. The molecule has 140 valence electrons. The Kier molecular flexibility index (Phi) is 5.26. The van der Waals surface area contributed by atoms with E-state index >= 15 is 0 Å². The first kappa shape index (κ1) is 18.6. The lowest BCUT2D eigenvalue weighted by Gasteiger charge is -2.13. The van der Waals surface area contributed by atoms with Crippen LogP contribution >= 0.6 is 0 Å². The van der Waals surface area contributed by atoms with Gasteiger partial charge in [-0.15, -0.1) is 0 Å². The zero-order chi connectivity index (χ0) is 19.6. The van der Waals surface area contributed by atoms with Gasteiger partial charge in [0.1, 0.15) is 0 Å². The highest BCUT2D eigenvalue weighted by Gasteiger charge is 2.10. The molecule has 3 aromatic rings. The van der Waals surface area contributed by atoms with Crippen LogP contribution in [0.3, 0.4) is 0 Å². The average molecular weight is 365 g/mol. The number of hydrogen-bond acceptors (Lipinski definition) is 3. The number of hydrogen-bond donors (Lipinski definition) is 2. The van der Waals surface area contributed by atoms with Crippen molar-refractivity contribution in [3.8, 4) is 0 Å². The second-order valence-electron chi connectivity index (χ2n) is 6.83. The van der Waals surface area contributed by atoms with Gasteiger partial charge < -0.3 is 5.32 Å². The van der Waals surface area contributed by atoms with Crippen LogP contribution in [0.15, 0.2) is 46.0 Å². The fourth-order valence-electron chi connectivity index (χ4n) is 3.44. The maximum Gasteiger partial charge on any atom is 0.328 e. The van der Waals surface area contributed by atoms with Crippen LogP contribution < -0.4 is 16.6 Å². The molecular weight excluding hydrogens is 342 g/mol. The summed E-state index contributed by atoms with van der Waals surface area (Å²) >= 11 is 0. The van der Waals surface area contributed by atoms with E-state index in [0.29, 0.717) is 17.4 Å². The lowest BCUT2D eigenvalue weighted by molar-refractivity contribution is -0.121. The number of fused-ring (bicyclic) bond motifs is 1. The number of aromatic nitrogens is 2. The van der Waals surface area contributed by atoms with Gasteiger partial charge in [0.05, 0.1) is 10.9 Å². The molecule has 0 radical (unpaired) electrons. The van der Waals surface area contributed by atoms with E-state index in [1.165, 1.54) is 10.1 Å². The first-order chi connectivity index (χ1) is 12.9. The summed E-state index contributed by atoms with van der Waals surface area (Å²) < 4.78 is 1.43. The van der Waals surface area contributed by atoms with Crippen molar-refractivity contribution in [3.63, 3.8) is 0 Å². The molecule has 2 N–H and O–H groups in total. The van der Waals surface area contributed by atoms with Gasteiger partial charge in [0.25, 0.3) is 5.56 Å². The zero-order valence-electron chi connectivity index (χ0n) is 15.8. The number of amides is 1. The van der Waals surface area contributed by atoms with Crippen molar-refractivity contribution >= 4 is 16.8 Å². The van der Waals surface area contributed by atoms with E-state index in [1.807, 2.05) is 13.8 Å². The van der Waals surface area contributed by atoms with Crippen LogP contribution in [-0.4, -0.2) is 15.5 Å². The third-order valence-corrected chi connectivity index (χ3v) is 4.77. The summed E-state index contributed by atoms with van der Waals surface area (Å²) in [5.41, 5.74) is 4.22. The highest BCUT2D eigenvalue weighted by atomic mass is 16.2. The maximum absolute atomic E-state index is 12.3. The van der Waals surface area contributed by atoms with Crippen LogP contribution in [0.4, 0.5) is 0 Å². The molecule has 1 aromatic heterocycles. The van der Waals surface area contributed by atoms with E-state index in [-0.39, 0.29) is 18.9 Å². The zero-order valence-corrected chi connectivity index (χ0v) is 15.8. The van der Waals surface area contributed by atoms with Gasteiger partial charge in [-0.1, -0.05) is 29.8 Å². The number of H-pyrrole nitrogens is 1. The van der Waals surface area contributed by atoms with Crippen LogP contribution in [0.1, 0.15) is 28.7 Å². The summed E-state index contributed by atoms with van der Waals surface area (Å²) in [6.07, 6.45) is 0.153. The van der Waals surface area contributed by atoms with Gasteiger partial charge in [-0.3, -0.25) is 19.1 Å². The molecule has 0 saturated carbocycles. The predicted molar refractivity (Wildman–Crippen MR) is 106 cm³/mol. The fourth-order valence-corrected chi connectivity index (χ4v) is 3.44. The molecule has 0 spiro atoms. The lowest BCUT2D eigenvalue weighted by Crippen LogP contribution is -2.32. The van der Waals surface area contributed by atoms with Crippen LogP contribution in [-0.2, 0) is 17.9 Å². The number of aromatic amines is 1. The third kappa shape index (κ3) is 4.00. The van der Waals surface area contributed by atoms with Gasteiger partial charge in [-0.25, -0.2) is 4.79 Å². The minimum absolute atomic E-state index is 0.142. The normalized spacial score (nSPS) is 10.9. The first-order valence-electron chi connectivity index (χ1n) is 8.92. The standard InChI is InChI=1S/C21H23N3O3/c1-13-10-14(2)17(15(3)11-13)12-22-19(25)8-9-24-18-7-5-4-6-16(18)20(26)23-21(24)27/h4-7,10-11H,8-9,12H2,1-3H3,(H,22,25)(H,23,26,27). The van der Waals surface area contributed by atoms with Crippen LogP contribution in [0, 0.1) is 20.8 Å². The topological polar surface area (TPSA) is 84.0 Å². The van der Waals surface area contributed by atoms with Crippen molar-refractivity contribution < 1.29 is 4.79 Å². The number of carbonyl (C=O) groups excluding carboxylic acids is 1. The molecular formula is C21H23N3O3. The van der Waals surface area contributed by atoms with Gasteiger partial charge >= 0.3 is 5.69 Å². The molecule has 6 nitrogen and oxygen atoms in total.